The van der Waals surface area contributed by atoms with Gasteiger partial charge in [-0.2, -0.15) is 4.98 Å². The Kier molecular flexibility index (Phi) is 6.86. The van der Waals surface area contributed by atoms with Crippen LogP contribution in [-0.2, 0) is 0 Å². The zero-order valence-electron chi connectivity index (χ0n) is 30.6. The third-order valence-electron chi connectivity index (χ3n) is 11.2. The van der Waals surface area contributed by atoms with Crippen LogP contribution in [0.3, 0.4) is 0 Å². The first-order chi connectivity index (χ1) is 28.3. The van der Waals surface area contributed by atoms with E-state index in [9.17, 15) is 0 Å². The van der Waals surface area contributed by atoms with Crippen LogP contribution in [0.4, 0.5) is 0 Å². The molecule has 0 aliphatic heterocycles. The highest BCUT2D eigenvalue weighted by molar-refractivity contribution is 6.20. The fourth-order valence-electron chi connectivity index (χ4n) is 8.66. The van der Waals surface area contributed by atoms with Crippen LogP contribution in [0.15, 0.2) is 197 Å². The van der Waals surface area contributed by atoms with Crippen molar-refractivity contribution in [3.63, 3.8) is 0 Å². The molecule has 0 atom stereocenters. The lowest BCUT2D eigenvalue weighted by atomic mass is 9.97. The molecule has 5 nitrogen and oxygen atoms in total. The number of para-hydroxylation sites is 3. The fourth-order valence-corrected chi connectivity index (χ4v) is 8.66. The van der Waals surface area contributed by atoms with Gasteiger partial charge in [0.15, 0.2) is 5.82 Å². The van der Waals surface area contributed by atoms with Crippen molar-refractivity contribution in [3.8, 4) is 50.6 Å². The van der Waals surface area contributed by atoms with Crippen LogP contribution in [0.25, 0.3) is 116 Å². The van der Waals surface area contributed by atoms with Crippen LogP contribution >= 0.6 is 0 Å². The first-order valence-electron chi connectivity index (χ1n) is 19.2. The summed E-state index contributed by atoms with van der Waals surface area (Å²) >= 11 is 0. The molecule has 266 valence electrons. The minimum Gasteiger partial charge on any atom is -0.455 e. The highest BCUT2D eigenvalue weighted by Gasteiger charge is 2.23. The summed E-state index contributed by atoms with van der Waals surface area (Å²) in [7, 11) is 0. The maximum Gasteiger partial charge on any atom is 0.231 e. The van der Waals surface area contributed by atoms with Crippen LogP contribution in [-0.4, -0.2) is 14.5 Å². The van der Waals surface area contributed by atoms with E-state index in [-0.39, 0.29) is 0 Å². The monoisotopic (exact) mass is 729 g/mol. The van der Waals surface area contributed by atoms with Crippen LogP contribution in [0.5, 0.6) is 0 Å². The molecule has 0 aliphatic rings. The number of hydrogen-bond acceptors (Lipinski definition) is 4. The summed E-state index contributed by atoms with van der Waals surface area (Å²) in [6, 6.07) is 65.5. The predicted molar refractivity (Wildman–Crippen MR) is 233 cm³/mol. The average molecular weight is 730 g/mol. The second kappa shape index (κ2) is 12.4. The van der Waals surface area contributed by atoms with Crippen molar-refractivity contribution in [2.75, 3.05) is 0 Å². The van der Waals surface area contributed by atoms with E-state index in [0.717, 1.165) is 88.6 Å². The predicted octanol–water partition coefficient (Wildman–Crippen LogP) is 14.0. The average Bonchev–Trinajstić information content (AvgIpc) is 3.96. The first kappa shape index (κ1) is 31.6. The molecule has 57 heavy (non-hydrogen) atoms. The minimum atomic E-state index is 0.549. The number of furan rings is 2. The van der Waals surface area contributed by atoms with Crippen LogP contribution < -0.4 is 0 Å². The Morgan fingerprint density at radius 1 is 0.386 bits per heavy atom. The number of nitrogens with zero attached hydrogens (tertiary/aromatic N) is 3. The molecule has 0 aliphatic carbocycles. The molecular formula is C52H31N3O2. The third-order valence-corrected chi connectivity index (χ3v) is 11.2. The maximum absolute atomic E-state index is 6.86. The zero-order valence-corrected chi connectivity index (χ0v) is 30.6. The molecule has 0 spiro atoms. The quantitative estimate of drug-likeness (QED) is 0.177. The van der Waals surface area contributed by atoms with Gasteiger partial charge in [0, 0.05) is 49.3 Å². The Labute approximate surface area is 326 Å². The largest absolute Gasteiger partial charge is 0.455 e. The normalized spacial score (nSPS) is 11.9. The van der Waals surface area contributed by atoms with E-state index in [4.69, 9.17) is 18.8 Å². The summed E-state index contributed by atoms with van der Waals surface area (Å²) in [4.78, 5) is 10.4. The number of rotatable bonds is 5. The van der Waals surface area contributed by atoms with Gasteiger partial charge < -0.3 is 13.4 Å². The van der Waals surface area contributed by atoms with Gasteiger partial charge in [-0.1, -0.05) is 140 Å². The van der Waals surface area contributed by atoms with E-state index in [1.54, 1.807) is 0 Å². The van der Waals surface area contributed by atoms with Crippen molar-refractivity contribution in [2.45, 2.75) is 0 Å². The van der Waals surface area contributed by atoms with Crippen LogP contribution in [0.1, 0.15) is 0 Å². The molecule has 0 saturated carbocycles. The van der Waals surface area contributed by atoms with Crippen LogP contribution in [0.2, 0.25) is 0 Å². The molecule has 0 saturated heterocycles. The third kappa shape index (κ3) is 4.89. The second-order valence-corrected chi connectivity index (χ2v) is 14.5. The Morgan fingerprint density at radius 3 is 1.91 bits per heavy atom. The van der Waals surface area contributed by atoms with Gasteiger partial charge in [0.05, 0.1) is 22.1 Å². The van der Waals surface area contributed by atoms with E-state index < -0.39 is 0 Å². The molecule has 5 heteroatoms. The first-order valence-corrected chi connectivity index (χ1v) is 19.2. The summed E-state index contributed by atoms with van der Waals surface area (Å²) in [6.07, 6.45) is 0. The van der Waals surface area contributed by atoms with Gasteiger partial charge in [-0.05, 0) is 65.2 Å². The van der Waals surface area contributed by atoms with Gasteiger partial charge in [-0.25, -0.2) is 4.98 Å². The van der Waals surface area contributed by atoms with Gasteiger partial charge in [-0.3, -0.25) is 0 Å². The van der Waals surface area contributed by atoms with Crippen molar-refractivity contribution >= 4 is 65.8 Å². The Bertz CT molecular complexity index is 3510. The maximum atomic E-state index is 6.86. The van der Waals surface area contributed by atoms with Crippen molar-refractivity contribution in [3.05, 3.63) is 188 Å². The number of benzene rings is 8. The summed E-state index contributed by atoms with van der Waals surface area (Å²) in [6.45, 7) is 0. The van der Waals surface area contributed by atoms with Crippen molar-refractivity contribution in [2.24, 2.45) is 0 Å². The molecular weight excluding hydrogens is 699 g/mol. The van der Waals surface area contributed by atoms with Gasteiger partial charge in [0.2, 0.25) is 5.71 Å². The summed E-state index contributed by atoms with van der Waals surface area (Å²) in [5.74, 6) is 0.605. The topological polar surface area (TPSA) is 57.0 Å². The summed E-state index contributed by atoms with van der Waals surface area (Å²) < 4.78 is 15.8. The second-order valence-electron chi connectivity index (χ2n) is 14.5. The zero-order chi connectivity index (χ0) is 37.5. The summed E-state index contributed by atoms with van der Waals surface area (Å²) in [5, 5.41) is 6.28. The van der Waals surface area contributed by atoms with E-state index in [1.165, 1.54) is 16.3 Å². The highest BCUT2D eigenvalue weighted by Crippen LogP contribution is 2.45. The molecule has 12 aromatic rings. The van der Waals surface area contributed by atoms with Crippen molar-refractivity contribution < 1.29 is 8.83 Å². The summed E-state index contributed by atoms with van der Waals surface area (Å²) in [5.41, 5.74) is 13.4. The number of aromatic nitrogens is 3. The van der Waals surface area contributed by atoms with E-state index in [0.29, 0.717) is 11.5 Å². The molecule has 0 bridgehead atoms. The lowest BCUT2D eigenvalue weighted by Gasteiger charge is -2.09. The number of hydrogen-bond donors (Lipinski definition) is 0. The Balaban J connectivity index is 1.09. The van der Waals surface area contributed by atoms with Gasteiger partial charge >= 0.3 is 0 Å². The molecule has 8 aromatic carbocycles. The molecule has 12 rings (SSSR count). The molecule has 0 radical (unpaired) electrons. The SMILES string of the molecule is c1ccc(-c2ccc3c(c2)oc2nc(-c4ccccc4)nc(-c4cccc5oc6c(-c7ccc8c(c7)c7ccccc7n8-c7ccccc7)cccc6c45)c23)cc1. The fraction of sp³-hybridized carbons (Fsp3) is 0. The number of fused-ring (bicyclic) bond motifs is 9. The molecule has 4 aromatic heterocycles. The van der Waals surface area contributed by atoms with E-state index in [1.807, 2.05) is 36.4 Å². The molecule has 0 N–H and O–H groups in total. The van der Waals surface area contributed by atoms with Gasteiger partial charge in [-0.15, -0.1) is 0 Å². The minimum absolute atomic E-state index is 0.549. The molecule has 0 amide bonds. The van der Waals surface area contributed by atoms with Crippen molar-refractivity contribution in [1.82, 2.24) is 14.5 Å². The van der Waals surface area contributed by atoms with Crippen LogP contribution in [0, 0.1) is 0 Å². The Morgan fingerprint density at radius 2 is 1.07 bits per heavy atom. The molecule has 4 heterocycles. The molecule has 0 unspecified atom stereocenters. The van der Waals surface area contributed by atoms with E-state index >= 15 is 0 Å². The van der Waals surface area contributed by atoms with Gasteiger partial charge in [0.25, 0.3) is 0 Å². The molecule has 0 fully saturated rings. The standard InChI is InChI=1S/C52H31N3O2/c1-4-14-32(15-5-1)34-26-28-39-46(31-34)57-52-48(39)49(53-51(54-52)33-16-6-2-7-17-33)40-22-13-25-45-47(40)41-23-12-21-37(50(41)56-45)35-27-29-44-42(30-35)38-20-10-11-24-43(38)55(44)36-18-8-3-9-19-36/h1-31H. The lowest BCUT2D eigenvalue weighted by molar-refractivity contribution is 0.654. The highest BCUT2D eigenvalue weighted by atomic mass is 16.3. The Hall–Kier alpha value is -7.76. The smallest absolute Gasteiger partial charge is 0.231 e. The van der Waals surface area contributed by atoms with Gasteiger partial charge in [0.1, 0.15) is 16.7 Å². The van der Waals surface area contributed by atoms with E-state index in [2.05, 4.69) is 156 Å². The lowest BCUT2D eigenvalue weighted by Crippen LogP contribution is -1.94. The van der Waals surface area contributed by atoms with Crippen molar-refractivity contribution in [1.29, 1.82) is 0 Å².